The van der Waals surface area contributed by atoms with Crippen LogP contribution in [0.1, 0.15) is 24.6 Å². The van der Waals surface area contributed by atoms with Crippen molar-refractivity contribution in [2.75, 3.05) is 50.8 Å². The normalized spacial score (nSPS) is 28.9. The Morgan fingerprint density at radius 3 is 2.70 bits per heavy atom. The number of likely N-dealkylation sites (tertiary alicyclic amines) is 1. The molecule has 2 N–H and O–H groups in total. The Labute approximate surface area is 165 Å². The van der Waals surface area contributed by atoms with E-state index in [1.807, 2.05) is 6.07 Å². The summed E-state index contributed by atoms with van der Waals surface area (Å²) in [6.07, 6.45) is 2.65. The summed E-state index contributed by atoms with van der Waals surface area (Å²) < 4.78 is 6.14. The van der Waals surface area contributed by atoms with Crippen LogP contribution in [-0.2, 0) is 0 Å². The molecule has 1 aromatic carbocycles. The highest BCUT2D eigenvalue weighted by atomic mass is 32.2. The van der Waals surface area contributed by atoms with Crippen LogP contribution >= 0.6 is 11.8 Å². The molecular weight excluding hydrogens is 356 g/mol. The van der Waals surface area contributed by atoms with Crippen LogP contribution in [0.5, 0.6) is 0 Å². The van der Waals surface area contributed by atoms with Crippen molar-refractivity contribution in [3.63, 3.8) is 0 Å². The summed E-state index contributed by atoms with van der Waals surface area (Å²) in [5.74, 6) is 4.25. The second-order valence-electron chi connectivity index (χ2n) is 8.13. The van der Waals surface area contributed by atoms with Crippen LogP contribution in [0.4, 0.5) is 0 Å². The lowest BCUT2D eigenvalue weighted by Gasteiger charge is -2.40. The number of piperidine rings is 1. The van der Waals surface area contributed by atoms with Crippen LogP contribution in [0.2, 0.25) is 0 Å². The summed E-state index contributed by atoms with van der Waals surface area (Å²) in [6, 6.07) is 11.6. The summed E-state index contributed by atoms with van der Waals surface area (Å²) in [7, 11) is 0. The Kier molecular flexibility index (Phi) is 5.42. The standard InChI is InChI=1S/C21H30N4OS/c1-2-4-19-16(3-1)13-20(26-19)21-17(14-22-23-21)15-24-7-5-18(6-8-24)25-9-11-27-12-10-25/h1-4,13,17-18,21-23H,5-12,14-15H2. The average molecular weight is 387 g/mol. The van der Waals surface area contributed by atoms with E-state index in [4.69, 9.17) is 4.42 Å². The highest BCUT2D eigenvalue weighted by Gasteiger charge is 2.34. The Morgan fingerprint density at radius 1 is 1.07 bits per heavy atom. The molecule has 5 nitrogen and oxygen atoms in total. The van der Waals surface area contributed by atoms with Gasteiger partial charge in [-0.05, 0) is 38.1 Å². The van der Waals surface area contributed by atoms with Crippen LogP contribution in [-0.4, -0.2) is 66.6 Å². The van der Waals surface area contributed by atoms with E-state index in [1.165, 1.54) is 55.9 Å². The molecular formula is C21H30N4OS. The average Bonchev–Trinajstić information content (AvgIpc) is 3.35. The number of hydrogen-bond acceptors (Lipinski definition) is 6. The maximum absolute atomic E-state index is 6.14. The summed E-state index contributed by atoms with van der Waals surface area (Å²) in [5, 5.41) is 1.19. The second kappa shape index (κ2) is 8.13. The SMILES string of the molecule is c1ccc2oc(C3NNCC3CN3CCC(N4CCSCC4)CC3)cc2c1. The largest absolute Gasteiger partial charge is 0.459 e. The minimum atomic E-state index is 0.259. The van der Waals surface area contributed by atoms with Gasteiger partial charge < -0.3 is 9.32 Å². The zero-order valence-electron chi connectivity index (χ0n) is 15.9. The van der Waals surface area contributed by atoms with E-state index in [-0.39, 0.29) is 6.04 Å². The first-order valence-electron chi connectivity index (χ1n) is 10.4. The third-order valence-corrected chi connectivity index (χ3v) is 7.40. The van der Waals surface area contributed by atoms with Gasteiger partial charge in [0.25, 0.3) is 0 Å². The third-order valence-electron chi connectivity index (χ3n) is 6.46. The van der Waals surface area contributed by atoms with Gasteiger partial charge in [-0.3, -0.25) is 10.3 Å². The Balaban J connectivity index is 1.19. The number of fused-ring (bicyclic) bond motifs is 1. The summed E-state index contributed by atoms with van der Waals surface area (Å²) in [4.78, 5) is 5.41. The second-order valence-corrected chi connectivity index (χ2v) is 9.35. The van der Waals surface area contributed by atoms with Gasteiger partial charge in [0.15, 0.2) is 0 Å². The van der Waals surface area contributed by atoms with Gasteiger partial charge >= 0.3 is 0 Å². The molecule has 0 aliphatic carbocycles. The van der Waals surface area contributed by atoms with Crippen LogP contribution in [0.3, 0.4) is 0 Å². The van der Waals surface area contributed by atoms with Gasteiger partial charge in [-0.1, -0.05) is 18.2 Å². The quantitative estimate of drug-likeness (QED) is 0.842. The maximum atomic E-state index is 6.14. The number of para-hydroxylation sites is 1. The Bertz CT molecular complexity index is 718. The molecule has 2 atom stereocenters. The summed E-state index contributed by atoms with van der Waals surface area (Å²) in [6.45, 7) is 7.20. The van der Waals surface area contributed by atoms with E-state index in [2.05, 4.69) is 56.7 Å². The molecule has 3 aliphatic rings. The van der Waals surface area contributed by atoms with Gasteiger partial charge in [-0.2, -0.15) is 11.8 Å². The zero-order valence-corrected chi connectivity index (χ0v) is 16.7. The first-order chi connectivity index (χ1) is 13.4. The molecule has 0 amide bonds. The molecule has 1 aromatic heterocycles. The number of hydrazine groups is 1. The van der Waals surface area contributed by atoms with Crippen molar-refractivity contribution in [2.45, 2.75) is 24.9 Å². The number of nitrogens with one attached hydrogen (secondary N) is 2. The molecule has 3 aliphatic heterocycles. The molecule has 0 saturated carbocycles. The number of benzene rings is 1. The van der Waals surface area contributed by atoms with Crippen LogP contribution in [0.15, 0.2) is 34.7 Å². The van der Waals surface area contributed by atoms with Gasteiger partial charge in [0.1, 0.15) is 11.3 Å². The molecule has 4 heterocycles. The monoisotopic (exact) mass is 386 g/mol. The van der Waals surface area contributed by atoms with Crippen molar-refractivity contribution >= 4 is 22.7 Å². The van der Waals surface area contributed by atoms with Gasteiger partial charge in [-0.15, -0.1) is 0 Å². The lowest BCUT2D eigenvalue weighted by molar-refractivity contribution is 0.104. The van der Waals surface area contributed by atoms with Crippen molar-refractivity contribution in [1.29, 1.82) is 0 Å². The summed E-state index contributed by atoms with van der Waals surface area (Å²) in [5.41, 5.74) is 7.81. The number of thioether (sulfide) groups is 1. The molecule has 2 unspecified atom stereocenters. The predicted octanol–water partition coefficient (Wildman–Crippen LogP) is 2.71. The molecule has 0 bridgehead atoms. The van der Waals surface area contributed by atoms with Crippen LogP contribution < -0.4 is 10.9 Å². The van der Waals surface area contributed by atoms with E-state index in [9.17, 15) is 0 Å². The molecule has 3 fully saturated rings. The number of hydrogen-bond donors (Lipinski definition) is 2. The molecule has 2 aromatic rings. The third kappa shape index (κ3) is 3.91. The highest BCUT2D eigenvalue weighted by Crippen LogP contribution is 2.31. The number of rotatable bonds is 4. The van der Waals surface area contributed by atoms with Gasteiger partial charge in [0.05, 0.1) is 6.04 Å². The molecule has 3 saturated heterocycles. The van der Waals surface area contributed by atoms with Gasteiger partial charge in [0, 0.05) is 55.0 Å². The van der Waals surface area contributed by atoms with Crippen LogP contribution in [0, 0.1) is 5.92 Å². The molecule has 0 spiro atoms. The topological polar surface area (TPSA) is 43.7 Å². The lowest BCUT2D eigenvalue weighted by atomic mass is 9.96. The number of nitrogens with zero attached hydrogens (tertiary/aromatic N) is 2. The lowest BCUT2D eigenvalue weighted by Crippen LogP contribution is -2.48. The van der Waals surface area contributed by atoms with E-state index in [0.29, 0.717) is 5.92 Å². The highest BCUT2D eigenvalue weighted by molar-refractivity contribution is 7.99. The fraction of sp³-hybridized carbons (Fsp3) is 0.619. The number of furan rings is 1. The Morgan fingerprint density at radius 2 is 1.89 bits per heavy atom. The van der Waals surface area contributed by atoms with Crippen LogP contribution in [0.25, 0.3) is 11.0 Å². The van der Waals surface area contributed by atoms with E-state index in [0.717, 1.165) is 30.5 Å². The first-order valence-corrected chi connectivity index (χ1v) is 11.5. The predicted molar refractivity (Wildman–Crippen MR) is 112 cm³/mol. The fourth-order valence-electron chi connectivity index (χ4n) is 4.91. The van der Waals surface area contributed by atoms with E-state index in [1.54, 1.807) is 0 Å². The maximum Gasteiger partial charge on any atom is 0.134 e. The van der Waals surface area contributed by atoms with Crippen molar-refractivity contribution in [3.05, 3.63) is 36.1 Å². The smallest absolute Gasteiger partial charge is 0.134 e. The first kappa shape index (κ1) is 18.0. The molecule has 6 heteroatoms. The molecule has 146 valence electrons. The van der Waals surface area contributed by atoms with Gasteiger partial charge in [0.2, 0.25) is 0 Å². The molecule has 0 radical (unpaired) electrons. The molecule has 27 heavy (non-hydrogen) atoms. The minimum Gasteiger partial charge on any atom is -0.459 e. The fourth-order valence-corrected chi connectivity index (χ4v) is 5.84. The van der Waals surface area contributed by atoms with Gasteiger partial charge in [-0.25, -0.2) is 5.43 Å². The zero-order chi connectivity index (χ0) is 18.1. The summed E-state index contributed by atoms with van der Waals surface area (Å²) >= 11 is 2.11. The van der Waals surface area contributed by atoms with Crippen molar-refractivity contribution in [2.24, 2.45) is 5.92 Å². The van der Waals surface area contributed by atoms with Crippen molar-refractivity contribution in [1.82, 2.24) is 20.7 Å². The van der Waals surface area contributed by atoms with E-state index < -0.39 is 0 Å². The van der Waals surface area contributed by atoms with Crippen molar-refractivity contribution < 1.29 is 4.42 Å². The Hall–Kier alpha value is -1.05. The van der Waals surface area contributed by atoms with E-state index >= 15 is 0 Å². The van der Waals surface area contributed by atoms with Crippen molar-refractivity contribution in [3.8, 4) is 0 Å². The molecule has 5 rings (SSSR count). The minimum absolute atomic E-state index is 0.259.